The molecule has 0 radical (unpaired) electrons. The molecule has 0 atom stereocenters. The molecule has 0 saturated carbocycles. The molecule has 1 aliphatic heterocycles. The summed E-state index contributed by atoms with van der Waals surface area (Å²) in [7, 11) is 0. The number of hydrogen-bond acceptors (Lipinski definition) is 6. The Morgan fingerprint density at radius 1 is 0.939 bits per heavy atom. The van der Waals surface area contributed by atoms with Gasteiger partial charge in [0.1, 0.15) is 17.7 Å². The molecule has 1 aliphatic rings. The van der Waals surface area contributed by atoms with E-state index in [1.54, 1.807) is 6.20 Å². The van der Waals surface area contributed by atoms with Crippen molar-refractivity contribution in [2.75, 3.05) is 41.3 Å². The minimum absolute atomic E-state index is 0.214. The summed E-state index contributed by atoms with van der Waals surface area (Å²) in [6.45, 7) is 3.96. The number of benzene rings is 2. The number of nitrogens with zero attached hydrogens (tertiary/aromatic N) is 5. The Labute approximate surface area is 191 Å². The van der Waals surface area contributed by atoms with E-state index in [0.29, 0.717) is 12.1 Å². The van der Waals surface area contributed by atoms with E-state index >= 15 is 0 Å². The maximum atomic E-state index is 13.2. The zero-order chi connectivity index (χ0) is 22.6. The van der Waals surface area contributed by atoms with Gasteiger partial charge in [0.2, 0.25) is 0 Å². The van der Waals surface area contributed by atoms with Gasteiger partial charge >= 0.3 is 0 Å². The molecule has 0 amide bonds. The number of nitrogens with one attached hydrogen (secondary N) is 1. The van der Waals surface area contributed by atoms with Crippen LogP contribution in [0.15, 0.2) is 73.1 Å². The van der Waals surface area contributed by atoms with Gasteiger partial charge in [-0.15, -0.1) is 0 Å². The van der Waals surface area contributed by atoms with Gasteiger partial charge in [0, 0.05) is 56.2 Å². The topological polar surface area (TPSA) is 68.1 Å². The molecule has 6 nitrogen and oxygen atoms in total. The summed E-state index contributed by atoms with van der Waals surface area (Å²) in [4.78, 5) is 13.5. The molecule has 1 N–H and O–H groups in total. The summed E-state index contributed by atoms with van der Waals surface area (Å²) in [5, 5.41) is 13.9. The molecule has 0 bridgehead atoms. The van der Waals surface area contributed by atoms with Gasteiger partial charge in [0.25, 0.3) is 0 Å². The van der Waals surface area contributed by atoms with Crippen molar-refractivity contribution in [3.63, 3.8) is 0 Å². The van der Waals surface area contributed by atoms with Crippen LogP contribution in [0.1, 0.15) is 11.1 Å². The Hall–Kier alpha value is -4.18. The van der Waals surface area contributed by atoms with Crippen molar-refractivity contribution in [2.45, 2.75) is 6.54 Å². The number of fused-ring (bicyclic) bond motifs is 1. The summed E-state index contributed by atoms with van der Waals surface area (Å²) in [5.41, 5.74) is 4.31. The fourth-order valence-corrected chi connectivity index (χ4v) is 4.20. The first-order valence-corrected chi connectivity index (χ1v) is 10.9. The maximum Gasteiger partial charge on any atom is 0.128 e. The van der Waals surface area contributed by atoms with E-state index in [1.165, 1.54) is 12.1 Å². The monoisotopic (exact) mass is 438 g/mol. The molecule has 164 valence electrons. The second kappa shape index (κ2) is 9.13. The Morgan fingerprint density at radius 2 is 1.70 bits per heavy atom. The van der Waals surface area contributed by atoms with Crippen molar-refractivity contribution in [3.8, 4) is 6.07 Å². The van der Waals surface area contributed by atoms with Crippen LogP contribution in [0.5, 0.6) is 0 Å². The van der Waals surface area contributed by atoms with Gasteiger partial charge in [-0.25, -0.2) is 9.37 Å². The Bertz CT molecular complexity index is 1310. The number of halogens is 1. The summed E-state index contributed by atoms with van der Waals surface area (Å²) in [6, 6.07) is 20.8. The Balaban J connectivity index is 1.28. The standard InChI is InChI=1S/C26H23FN6/c27-21-5-7-22(8-6-21)32-11-13-33(14-12-32)25-15-19(9-10-29-25)17-31-26-20(16-28)18-30-24-4-2-1-3-23(24)26/h1-10,15,18H,11-14,17H2,(H,30,31). The minimum atomic E-state index is -0.214. The summed E-state index contributed by atoms with van der Waals surface area (Å²) < 4.78 is 13.2. The second-order valence-corrected chi connectivity index (χ2v) is 8.00. The lowest BCUT2D eigenvalue weighted by molar-refractivity contribution is 0.624. The predicted octanol–water partition coefficient (Wildman–Crippen LogP) is 4.58. The average molecular weight is 439 g/mol. The van der Waals surface area contributed by atoms with Crippen molar-refractivity contribution in [1.82, 2.24) is 9.97 Å². The quantitative estimate of drug-likeness (QED) is 0.492. The lowest BCUT2D eigenvalue weighted by Crippen LogP contribution is -2.46. The van der Waals surface area contributed by atoms with Gasteiger partial charge in [-0.2, -0.15) is 5.26 Å². The van der Waals surface area contributed by atoms with Gasteiger partial charge in [-0.3, -0.25) is 4.98 Å². The second-order valence-electron chi connectivity index (χ2n) is 8.00. The van der Waals surface area contributed by atoms with Crippen LogP contribution in [0.2, 0.25) is 0 Å². The molecular weight excluding hydrogens is 415 g/mol. The number of pyridine rings is 2. The molecule has 2 aromatic heterocycles. The number of para-hydroxylation sites is 1. The van der Waals surface area contributed by atoms with Crippen LogP contribution in [-0.2, 0) is 6.54 Å². The fourth-order valence-electron chi connectivity index (χ4n) is 4.20. The third-order valence-corrected chi connectivity index (χ3v) is 5.97. The highest BCUT2D eigenvalue weighted by molar-refractivity contribution is 5.93. The molecule has 33 heavy (non-hydrogen) atoms. The molecule has 1 fully saturated rings. The van der Waals surface area contributed by atoms with Gasteiger partial charge in [0.15, 0.2) is 0 Å². The van der Waals surface area contributed by atoms with Gasteiger partial charge < -0.3 is 15.1 Å². The van der Waals surface area contributed by atoms with E-state index in [4.69, 9.17) is 0 Å². The van der Waals surface area contributed by atoms with Crippen LogP contribution in [-0.4, -0.2) is 36.1 Å². The first-order chi connectivity index (χ1) is 16.2. The molecule has 0 unspecified atom stereocenters. The zero-order valence-corrected chi connectivity index (χ0v) is 18.1. The lowest BCUT2D eigenvalue weighted by Gasteiger charge is -2.36. The maximum absolute atomic E-state index is 13.2. The van der Waals surface area contributed by atoms with Crippen LogP contribution < -0.4 is 15.1 Å². The molecule has 1 saturated heterocycles. The molecule has 0 aliphatic carbocycles. The molecule has 4 aromatic rings. The number of aromatic nitrogens is 2. The first-order valence-electron chi connectivity index (χ1n) is 10.9. The molecular formula is C26H23FN6. The molecule has 0 spiro atoms. The van der Waals surface area contributed by atoms with Crippen molar-refractivity contribution in [3.05, 3.63) is 90.0 Å². The van der Waals surface area contributed by atoms with Gasteiger partial charge in [-0.1, -0.05) is 18.2 Å². The molecule has 5 rings (SSSR count). The van der Waals surface area contributed by atoms with Crippen LogP contribution >= 0.6 is 0 Å². The molecule has 3 heterocycles. The van der Waals surface area contributed by atoms with E-state index in [9.17, 15) is 9.65 Å². The fraction of sp³-hybridized carbons (Fsp3) is 0.192. The van der Waals surface area contributed by atoms with E-state index in [0.717, 1.165) is 59.8 Å². The third kappa shape index (κ3) is 4.41. The number of hydrogen-bond donors (Lipinski definition) is 1. The highest BCUT2D eigenvalue weighted by Gasteiger charge is 2.19. The minimum Gasteiger partial charge on any atom is -0.379 e. The third-order valence-electron chi connectivity index (χ3n) is 5.97. The zero-order valence-electron chi connectivity index (χ0n) is 18.1. The molecule has 7 heteroatoms. The highest BCUT2D eigenvalue weighted by atomic mass is 19.1. The highest BCUT2D eigenvalue weighted by Crippen LogP contribution is 2.26. The van der Waals surface area contributed by atoms with E-state index in [-0.39, 0.29) is 5.82 Å². The van der Waals surface area contributed by atoms with Gasteiger partial charge in [0.05, 0.1) is 16.8 Å². The number of piperazine rings is 1. The van der Waals surface area contributed by atoms with Crippen molar-refractivity contribution < 1.29 is 4.39 Å². The van der Waals surface area contributed by atoms with Crippen LogP contribution in [0, 0.1) is 17.1 Å². The number of nitriles is 1. The predicted molar refractivity (Wildman–Crippen MR) is 129 cm³/mol. The number of anilines is 3. The van der Waals surface area contributed by atoms with E-state index < -0.39 is 0 Å². The summed E-state index contributed by atoms with van der Waals surface area (Å²) >= 11 is 0. The van der Waals surface area contributed by atoms with Gasteiger partial charge in [-0.05, 0) is 48.0 Å². The Morgan fingerprint density at radius 3 is 2.48 bits per heavy atom. The lowest BCUT2D eigenvalue weighted by atomic mass is 10.1. The van der Waals surface area contributed by atoms with Crippen molar-refractivity contribution in [2.24, 2.45) is 0 Å². The van der Waals surface area contributed by atoms with Crippen LogP contribution in [0.4, 0.5) is 21.6 Å². The largest absolute Gasteiger partial charge is 0.379 e. The summed E-state index contributed by atoms with van der Waals surface area (Å²) in [6.07, 6.45) is 3.44. The van der Waals surface area contributed by atoms with Crippen LogP contribution in [0.25, 0.3) is 10.9 Å². The average Bonchev–Trinajstić information content (AvgIpc) is 2.88. The van der Waals surface area contributed by atoms with Crippen molar-refractivity contribution >= 4 is 28.1 Å². The first kappa shape index (κ1) is 20.7. The van der Waals surface area contributed by atoms with E-state index in [1.807, 2.05) is 48.7 Å². The van der Waals surface area contributed by atoms with E-state index in [2.05, 4.69) is 37.2 Å². The van der Waals surface area contributed by atoms with Crippen molar-refractivity contribution in [1.29, 1.82) is 5.26 Å². The number of rotatable bonds is 5. The smallest absolute Gasteiger partial charge is 0.128 e. The normalized spacial score (nSPS) is 13.7. The van der Waals surface area contributed by atoms with Crippen LogP contribution in [0.3, 0.4) is 0 Å². The summed E-state index contributed by atoms with van der Waals surface area (Å²) in [5.74, 6) is 0.724. The SMILES string of the molecule is N#Cc1cnc2ccccc2c1NCc1ccnc(N2CCN(c3ccc(F)cc3)CC2)c1. The Kier molecular flexibility index (Phi) is 5.73. The molecule has 2 aromatic carbocycles.